The molecule has 1 amide bonds. The Balaban J connectivity index is 0.000000281. The van der Waals surface area contributed by atoms with Gasteiger partial charge in [0.25, 0.3) is 5.56 Å². The molecule has 1 fully saturated rings. The number of aromatic nitrogens is 2. The van der Waals surface area contributed by atoms with E-state index in [1.165, 1.54) is 12.8 Å². The lowest BCUT2D eigenvalue weighted by Crippen LogP contribution is -2.32. The standard InChI is InChI=1S/C17H21N3O2.C7H8O.C4H8/c21-16(18-12-6-1-2-7-12)11-5-10-15-19-14-9-4-3-8-13(14)17(22)20-15;8-6-7-4-2-1-3-5-7;1-3-4-2/h3-4,8-9,12H,1-2,5-7,10-11H2,(H,18,21)(H,19,20,22);1-5,8H,6H2;3-4H,1-2H3/b;;4-3-. The average Bonchev–Trinajstić information content (AvgIpc) is 3.38. The smallest absolute Gasteiger partial charge is 0.258 e. The summed E-state index contributed by atoms with van der Waals surface area (Å²) >= 11 is 0. The Labute approximate surface area is 202 Å². The molecule has 0 unspecified atom stereocenters. The highest BCUT2D eigenvalue weighted by Gasteiger charge is 2.16. The zero-order valence-electron chi connectivity index (χ0n) is 20.3. The van der Waals surface area contributed by atoms with E-state index in [0.29, 0.717) is 42.0 Å². The van der Waals surface area contributed by atoms with Gasteiger partial charge in [0.2, 0.25) is 5.91 Å². The Bertz CT molecular complexity index is 1070. The van der Waals surface area contributed by atoms with Gasteiger partial charge in [0, 0.05) is 18.9 Å². The lowest BCUT2D eigenvalue weighted by molar-refractivity contribution is -0.121. The largest absolute Gasteiger partial charge is 0.392 e. The van der Waals surface area contributed by atoms with Gasteiger partial charge >= 0.3 is 0 Å². The van der Waals surface area contributed by atoms with Gasteiger partial charge in [0.15, 0.2) is 0 Å². The maximum Gasteiger partial charge on any atom is 0.258 e. The molecule has 3 N–H and O–H groups in total. The van der Waals surface area contributed by atoms with Crippen LogP contribution < -0.4 is 10.9 Å². The molecule has 6 nitrogen and oxygen atoms in total. The first-order valence-electron chi connectivity index (χ1n) is 12.1. The molecule has 3 aromatic rings. The number of fused-ring (bicyclic) bond motifs is 1. The summed E-state index contributed by atoms with van der Waals surface area (Å²) in [7, 11) is 0. The van der Waals surface area contributed by atoms with Crippen LogP contribution in [0.15, 0.2) is 71.5 Å². The lowest BCUT2D eigenvalue weighted by atomic mass is 10.2. The molecular weight excluding hydrogens is 426 g/mol. The molecule has 6 heteroatoms. The second-order valence-corrected chi connectivity index (χ2v) is 8.24. The molecule has 0 bridgehead atoms. The number of aliphatic hydroxyl groups is 1. The Hall–Kier alpha value is -3.25. The zero-order valence-corrected chi connectivity index (χ0v) is 20.3. The summed E-state index contributed by atoms with van der Waals surface area (Å²) in [5.74, 6) is 0.757. The van der Waals surface area contributed by atoms with Crippen molar-refractivity contribution < 1.29 is 9.90 Å². The van der Waals surface area contributed by atoms with E-state index >= 15 is 0 Å². The van der Waals surface area contributed by atoms with Crippen molar-refractivity contribution in [3.8, 4) is 0 Å². The molecule has 0 atom stereocenters. The van der Waals surface area contributed by atoms with E-state index < -0.39 is 0 Å². The molecule has 1 aliphatic carbocycles. The SMILES string of the molecule is C/C=C\C.O=C(CCCc1nc2ccccc2c(=O)[nH]1)NC1CCCC1.OCc1ccccc1. The van der Waals surface area contributed by atoms with Crippen molar-refractivity contribution in [1.29, 1.82) is 0 Å². The van der Waals surface area contributed by atoms with E-state index in [1.807, 2.05) is 74.5 Å². The van der Waals surface area contributed by atoms with Crippen molar-refractivity contribution in [2.24, 2.45) is 0 Å². The minimum absolute atomic E-state index is 0.107. The summed E-state index contributed by atoms with van der Waals surface area (Å²) < 4.78 is 0. The van der Waals surface area contributed by atoms with Gasteiger partial charge in [-0.3, -0.25) is 9.59 Å². The molecule has 182 valence electrons. The molecule has 0 radical (unpaired) electrons. The van der Waals surface area contributed by atoms with Gasteiger partial charge in [-0.15, -0.1) is 0 Å². The highest BCUT2D eigenvalue weighted by Crippen LogP contribution is 2.17. The molecule has 0 aliphatic heterocycles. The number of nitrogens with zero attached hydrogens (tertiary/aromatic N) is 1. The third-order valence-electron chi connectivity index (χ3n) is 5.56. The van der Waals surface area contributed by atoms with Crippen molar-refractivity contribution in [2.45, 2.75) is 71.4 Å². The van der Waals surface area contributed by atoms with Crippen LogP contribution in [0, 0.1) is 0 Å². The number of hydrogen-bond acceptors (Lipinski definition) is 4. The van der Waals surface area contributed by atoms with Crippen molar-refractivity contribution in [1.82, 2.24) is 15.3 Å². The summed E-state index contributed by atoms with van der Waals surface area (Å²) in [6.45, 7) is 4.14. The van der Waals surface area contributed by atoms with E-state index in [-0.39, 0.29) is 18.1 Å². The minimum Gasteiger partial charge on any atom is -0.392 e. The quantitative estimate of drug-likeness (QED) is 0.445. The number of aryl methyl sites for hydroxylation is 1. The van der Waals surface area contributed by atoms with Crippen LogP contribution in [0.2, 0.25) is 0 Å². The number of carbonyl (C=O) groups is 1. The Morgan fingerprint density at radius 1 is 1.06 bits per heavy atom. The second-order valence-electron chi connectivity index (χ2n) is 8.24. The molecule has 0 spiro atoms. The lowest BCUT2D eigenvalue weighted by Gasteiger charge is -2.11. The Kier molecular flexibility index (Phi) is 12.4. The number of H-pyrrole nitrogens is 1. The van der Waals surface area contributed by atoms with E-state index in [4.69, 9.17) is 5.11 Å². The maximum atomic E-state index is 12.0. The first kappa shape index (κ1) is 27.0. The number of para-hydroxylation sites is 1. The fourth-order valence-corrected chi connectivity index (χ4v) is 3.62. The third-order valence-corrected chi connectivity index (χ3v) is 5.56. The predicted octanol–water partition coefficient (Wildman–Crippen LogP) is 5.07. The van der Waals surface area contributed by atoms with Crippen LogP contribution >= 0.6 is 0 Å². The van der Waals surface area contributed by atoms with Crippen LogP contribution in [0.1, 0.15) is 63.8 Å². The van der Waals surface area contributed by atoms with Crippen LogP contribution in [-0.4, -0.2) is 27.0 Å². The highest BCUT2D eigenvalue weighted by atomic mass is 16.3. The number of aromatic amines is 1. The number of amides is 1. The molecule has 34 heavy (non-hydrogen) atoms. The summed E-state index contributed by atoms with van der Waals surface area (Å²) in [5.41, 5.74) is 1.56. The first-order valence-corrected chi connectivity index (χ1v) is 12.1. The summed E-state index contributed by atoms with van der Waals surface area (Å²) in [6.07, 6.45) is 10.4. The first-order chi connectivity index (χ1) is 16.6. The van der Waals surface area contributed by atoms with Crippen LogP contribution in [0.5, 0.6) is 0 Å². The van der Waals surface area contributed by atoms with E-state index in [2.05, 4.69) is 15.3 Å². The third kappa shape index (κ3) is 9.71. The van der Waals surface area contributed by atoms with E-state index in [1.54, 1.807) is 6.07 Å². The highest BCUT2D eigenvalue weighted by molar-refractivity contribution is 5.77. The van der Waals surface area contributed by atoms with Gasteiger partial charge in [-0.05, 0) is 50.8 Å². The van der Waals surface area contributed by atoms with Gasteiger partial charge in [-0.25, -0.2) is 4.98 Å². The van der Waals surface area contributed by atoms with Crippen LogP contribution in [0.25, 0.3) is 10.9 Å². The zero-order chi connectivity index (χ0) is 24.6. The Morgan fingerprint density at radius 3 is 2.32 bits per heavy atom. The summed E-state index contributed by atoms with van der Waals surface area (Å²) in [4.78, 5) is 31.1. The maximum absolute atomic E-state index is 12.0. The van der Waals surface area contributed by atoms with Crippen LogP contribution in [0.3, 0.4) is 0 Å². The van der Waals surface area contributed by atoms with Crippen molar-refractivity contribution >= 4 is 16.8 Å². The molecule has 4 rings (SSSR count). The normalized spacial score (nSPS) is 13.1. The number of benzene rings is 2. The number of rotatable bonds is 6. The van der Waals surface area contributed by atoms with Gasteiger partial charge in [0.05, 0.1) is 17.5 Å². The van der Waals surface area contributed by atoms with Crippen molar-refractivity contribution in [3.05, 3.63) is 88.5 Å². The predicted molar refractivity (Wildman–Crippen MR) is 139 cm³/mol. The van der Waals surface area contributed by atoms with E-state index in [9.17, 15) is 9.59 Å². The number of aliphatic hydroxyl groups excluding tert-OH is 1. The number of carbonyl (C=O) groups excluding carboxylic acids is 1. The monoisotopic (exact) mass is 463 g/mol. The van der Waals surface area contributed by atoms with E-state index in [0.717, 1.165) is 18.4 Å². The van der Waals surface area contributed by atoms with Gasteiger partial charge in [0.1, 0.15) is 5.82 Å². The second kappa shape index (κ2) is 15.6. The molecular formula is C28H37N3O3. The minimum atomic E-state index is -0.115. The van der Waals surface area contributed by atoms with Gasteiger partial charge < -0.3 is 15.4 Å². The van der Waals surface area contributed by atoms with Gasteiger partial charge in [-0.2, -0.15) is 0 Å². The van der Waals surface area contributed by atoms with Crippen LogP contribution in [-0.2, 0) is 17.8 Å². The summed E-state index contributed by atoms with van der Waals surface area (Å²) in [5, 5.41) is 12.2. The molecule has 0 saturated heterocycles. The molecule has 1 aromatic heterocycles. The molecule has 1 heterocycles. The number of allylic oxidation sites excluding steroid dienone is 2. The fraction of sp³-hybridized carbons (Fsp3) is 0.393. The summed E-state index contributed by atoms with van der Waals surface area (Å²) in [6, 6.07) is 17.2. The average molecular weight is 464 g/mol. The topological polar surface area (TPSA) is 95.1 Å². The van der Waals surface area contributed by atoms with Crippen molar-refractivity contribution in [3.63, 3.8) is 0 Å². The number of hydrogen-bond donors (Lipinski definition) is 3. The molecule has 2 aromatic carbocycles. The fourth-order valence-electron chi connectivity index (χ4n) is 3.62. The number of nitrogens with one attached hydrogen (secondary N) is 2. The van der Waals surface area contributed by atoms with Gasteiger partial charge in [-0.1, -0.05) is 67.5 Å². The molecule has 1 aliphatic rings. The Morgan fingerprint density at radius 2 is 1.71 bits per heavy atom. The molecule has 1 saturated carbocycles. The van der Waals surface area contributed by atoms with Crippen molar-refractivity contribution in [2.75, 3.05) is 0 Å². The van der Waals surface area contributed by atoms with Crippen LogP contribution in [0.4, 0.5) is 0 Å².